The highest BCUT2D eigenvalue weighted by atomic mass is 31.2. The van der Waals surface area contributed by atoms with Crippen LogP contribution >= 0.6 is 7.60 Å². The van der Waals surface area contributed by atoms with Crippen molar-refractivity contribution in [3.8, 4) is 0 Å². The molecule has 0 amide bonds. The van der Waals surface area contributed by atoms with Crippen LogP contribution in [0.4, 0.5) is 10.2 Å². The zero-order valence-electron chi connectivity index (χ0n) is 12.5. The third kappa shape index (κ3) is 3.14. The van der Waals surface area contributed by atoms with Gasteiger partial charge in [0.2, 0.25) is 0 Å². The average molecular weight is 375 g/mol. The van der Waals surface area contributed by atoms with Crippen molar-refractivity contribution < 1.29 is 28.0 Å². The SMILES string of the molecule is NOP(=O)(/C=C/[C@H]1O[C@@H](n2cnc3c(N)ncnc32)[C@H](F)[C@@H]1O)ON. The van der Waals surface area contributed by atoms with Gasteiger partial charge in [0.15, 0.2) is 23.9 Å². The molecule has 1 aliphatic rings. The zero-order chi connectivity index (χ0) is 18.2. The predicted octanol–water partition coefficient (Wildman–Crippen LogP) is -0.508. The average Bonchev–Trinajstić information content (AvgIpc) is 3.16. The highest BCUT2D eigenvalue weighted by Gasteiger charge is 2.45. The molecule has 1 fully saturated rings. The van der Waals surface area contributed by atoms with Gasteiger partial charge in [-0.1, -0.05) is 0 Å². The van der Waals surface area contributed by atoms with Gasteiger partial charge in [-0.25, -0.2) is 40.4 Å². The summed E-state index contributed by atoms with van der Waals surface area (Å²) < 4.78 is 41.2. The van der Waals surface area contributed by atoms with Gasteiger partial charge in [0.25, 0.3) is 0 Å². The van der Waals surface area contributed by atoms with E-state index in [0.29, 0.717) is 0 Å². The van der Waals surface area contributed by atoms with Crippen LogP contribution in [0.3, 0.4) is 0 Å². The molecule has 0 bridgehead atoms. The first-order chi connectivity index (χ1) is 11.9. The summed E-state index contributed by atoms with van der Waals surface area (Å²) in [6.45, 7) is 0. The molecule has 3 heterocycles. The quantitative estimate of drug-likeness (QED) is 0.389. The number of imidazole rings is 1. The van der Waals surface area contributed by atoms with Gasteiger partial charge in [0.05, 0.1) is 6.33 Å². The molecule has 0 radical (unpaired) electrons. The fraction of sp³-hybridized carbons (Fsp3) is 0.364. The molecule has 25 heavy (non-hydrogen) atoms. The number of hydrogen-bond acceptors (Lipinski definition) is 11. The van der Waals surface area contributed by atoms with Gasteiger partial charge in [0, 0.05) is 5.82 Å². The van der Waals surface area contributed by atoms with E-state index in [-0.39, 0.29) is 17.0 Å². The van der Waals surface area contributed by atoms with Crippen molar-refractivity contribution in [3.63, 3.8) is 0 Å². The predicted molar refractivity (Wildman–Crippen MR) is 81.8 cm³/mol. The second-order valence-corrected chi connectivity index (χ2v) is 6.90. The van der Waals surface area contributed by atoms with E-state index in [1.807, 2.05) is 0 Å². The molecule has 0 unspecified atom stereocenters. The van der Waals surface area contributed by atoms with Crippen molar-refractivity contribution >= 4 is 24.6 Å². The lowest BCUT2D eigenvalue weighted by atomic mass is 10.1. The van der Waals surface area contributed by atoms with Crippen LogP contribution in [0.5, 0.6) is 0 Å². The molecule has 0 aliphatic carbocycles. The molecule has 136 valence electrons. The maximum Gasteiger partial charge on any atom is 0.386 e. The summed E-state index contributed by atoms with van der Waals surface area (Å²) in [7, 11) is -3.90. The minimum atomic E-state index is -3.90. The number of halogens is 1. The van der Waals surface area contributed by atoms with E-state index in [1.54, 1.807) is 0 Å². The number of alkyl halides is 1. The van der Waals surface area contributed by atoms with E-state index in [0.717, 1.165) is 11.9 Å². The van der Waals surface area contributed by atoms with Gasteiger partial charge in [-0.15, -0.1) is 0 Å². The van der Waals surface area contributed by atoms with Crippen LogP contribution in [-0.2, 0) is 18.6 Å². The summed E-state index contributed by atoms with van der Waals surface area (Å²) in [6, 6.07) is 0. The first-order valence-electron chi connectivity index (χ1n) is 6.87. The number of rotatable bonds is 5. The number of aliphatic hydroxyl groups excluding tert-OH is 1. The summed E-state index contributed by atoms with van der Waals surface area (Å²) >= 11 is 0. The number of hydrogen-bond donors (Lipinski definition) is 4. The van der Waals surface area contributed by atoms with E-state index in [9.17, 15) is 14.1 Å². The Labute approximate surface area is 139 Å². The van der Waals surface area contributed by atoms with Crippen molar-refractivity contribution in [2.45, 2.75) is 24.6 Å². The number of anilines is 1. The smallest absolute Gasteiger partial charge is 0.386 e. The van der Waals surface area contributed by atoms with Crippen molar-refractivity contribution in [3.05, 3.63) is 24.5 Å². The van der Waals surface area contributed by atoms with Gasteiger partial charge in [-0.3, -0.25) is 9.13 Å². The van der Waals surface area contributed by atoms with Crippen molar-refractivity contribution in [2.24, 2.45) is 11.8 Å². The molecule has 0 aromatic carbocycles. The van der Waals surface area contributed by atoms with Gasteiger partial charge in [0.1, 0.15) is 24.1 Å². The van der Waals surface area contributed by atoms with Crippen LogP contribution < -0.4 is 17.5 Å². The second-order valence-electron chi connectivity index (χ2n) is 5.10. The monoisotopic (exact) mass is 375 g/mol. The molecular weight excluding hydrogens is 360 g/mol. The Kier molecular flexibility index (Phi) is 4.79. The molecule has 3 rings (SSSR count). The number of aliphatic hydroxyl groups is 1. The van der Waals surface area contributed by atoms with Crippen LogP contribution in [0.25, 0.3) is 11.2 Å². The summed E-state index contributed by atoms with van der Waals surface area (Å²) in [5.74, 6) is 10.6. The van der Waals surface area contributed by atoms with Crippen molar-refractivity contribution in [2.75, 3.05) is 5.73 Å². The summed E-state index contributed by atoms with van der Waals surface area (Å²) in [4.78, 5) is 11.8. The number of aromatic nitrogens is 4. The highest BCUT2D eigenvalue weighted by molar-refractivity contribution is 7.57. The zero-order valence-corrected chi connectivity index (χ0v) is 13.4. The Morgan fingerprint density at radius 2 is 2.08 bits per heavy atom. The maximum absolute atomic E-state index is 14.5. The molecule has 14 heteroatoms. The molecule has 0 spiro atoms. The third-order valence-corrected chi connectivity index (χ3v) is 4.77. The number of ether oxygens (including phenoxy) is 1. The number of nitrogens with two attached hydrogens (primary N) is 3. The lowest BCUT2D eigenvalue weighted by molar-refractivity contribution is -0.00171. The molecule has 4 atom stereocenters. The molecule has 7 N–H and O–H groups in total. The Hall–Kier alpha value is -1.99. The largest absolute Gasteiger partial charge is 0.387 e. The fourth-order valence-corrected chi connectivity index (χ4v) is 2.96. The van der Waals surface area contributed by atoms with Crippen LogP contribution in [-0.4, -0.2) is 43.0 Å². The first kappa shape index (κ1) is 17.8. The Morgan fingerprint density at radius 1 is 1.36 bits per heavy atom. The topological polar surface area (TPSA) is 187 Å². The second kappa shape index (κ2) is 6.72. The van der Waals surface area contributed by atoms with Gasteiger partial charge in [-0.2, -0.15) is 0 Å². The number of nitrogens with zero attached hydrogens (tertiary/aromatic N) is 4. The molecule has 2 aromatic heterocycles. The molecule has 2 aromatic rings. The molecule has 1 aliphatic heterocycles. The maximum atomic E-state index is 14.5. The van der Waals surface area contributed by atoms with E-state index >= 15 is 0 Å². The lowest BCUT2D eigenvalue weighted by Gasteiger charge is -2.14. The van der Waals surface area contributed by atoms with Crippen LogP contribution in [0.15, 0.2) is 24.5 Å². The minimum Gasteiger partial charge on any atom is -0.387 e. The van der Waals surface area contributed by atoms with Gasteiger partial charge < -0.3 is 15.6 Å². The van der Waals surface area contributed by atoms with Crippen molar-refractivity contribution in [1.82, 2.24) is 19.5 Å². The van der Waals surface area contributed by atoms with E-state index in [2.05, 4.69) is 24.2 Å². The van der Waals surface area contributed by atoms with Crippen LogP contribution in [0, 0.1) is 0 Å². The summed E-state index contributed by atoms with van der Waals surface area (Å²) in [6.07, 6.45) is -2.28. The van der Waals surface area contributed by atoms with E-state index < -0.39 is 32.2 Å². The fourth-order valence-electron chi connectivity index (χ4n) is 2.39. The van der Waals surface area contributed by atoms with Gasteiger partial charge >= 0.3 is 7.60 Å². The number of fused-ring (bicyclic) bond motifs is 1. The Bertz CT molecular complexity index is 839. The standard InChI is InChI=1S/C11H15FN7O5P/c12-6-8(20)5(1-2-25(21,23-14)24-15)22-11(6)19-4-18-7-9(13)16-3-17-10(7)19/h1-6,8,11,20H,14-15H2,(H2,13,16,17)/b2-1+/t5-,6-,8-,11-/m1/s1. The Morgan fingerprint density at radius 3 is 2.76 bits per heavy atom. The van der Waals surface area contributed by atoms with E-state index in [1.165, 1.54) is 17.2 Å². The van der Waals surface area contributed by atoms with E-state index in [4.69, 9.17) is 22.3 Å². The normalized spacial score (nSPS) is 27.5. The number of nitrogen functional groups attached to an aromatic ring is 1. The molecular formula is C11H15FN7O5P. The van der Waals surface area contributed by atoms with Crippen LogP contribution in [0.2, 0.25) is 0 Å². The summed E-state index contributed by atoms with van der Waals surface area (Å²) in [5, 5.41) is 10.0. The lowest BCUT2D eigenvalue weighted by Crippen LogP contribution is -2.27. The van der Waals surface area contributed by atoms with Crippen LogP contribution in [0.1, 0.15) is 6.23 Å². The van der Waals surface area contributed by atoms with Gasteiger partial charge in [-0.05, 0) is 6.08 Å². The molecule has 1 saturated heterocycles. The third-order valence-electron chi connectivity index (χ3n) is 3.65. The minimum absolute atomic E-state index is 0.121. The van der Waals surface area contributed by atoms with Crippen molar-refractivity contribution in [1.29, 1.82) is 0 Å². The summed E-state index contributed by atoms with van der Waals surface area (Å²) in [5.41, 5.74) is 6.18. The molecule has 12 nitrogen and oxygen atoms in total. The first-order valence-corrected chi connectivity index (χ1v) is 8.48. The Balaban J connectivity index is 1.88. The molecule has 0 saturated carbocycles. The highest BCUT2D eigenvalue weighted by Crippen LogP contribution is 2.46.